The van der Waals surface area contributed by atoms with E-state index in [9.17, 15) is 9.18 Å². The molecule has 0 saturated carbocycles. The number of aromatic nitrogens is 2. The summed E-state index contributed by atoms with van der Waals surface area (Å²) >= 11 is 1.50. The molecule has 1 amide bonds. The van der Waals surface area contributed by atoms with Crippen molar-refractivity contribution in [2.75, 3.05) is 7.11 Å². The average Bonchev–Trinajstić information content (AvgIpc) is 2.76. The molecule has 0 spiro atoms. The second-order valence-corrected chi connectivity index (χ2v) is 6.93. The minimum Gasteiger partial charge on any atom is -0.496 e. The van der Waals surface area contributed by atoms with E-state index >= 15 is 0 Å². The number of thioether (sulfide) groups is 1. The van der Waals surface area contributed by atoms with Gasteiger partial charge in [0.15, 0.2) is 5.16 Å². The zero-order valence-corrected chi connectivity index (χ0v) is 16.7. The Bertz CT molecular complexity index is 1010. The van der Waals surface area contributed by atoms with Crippen molar-refractivity contribution in [3.05, 3.63) is 83.4 Å². The Hall–Kier alpha value is -3.26. The number of benzene rings is 2. The van der Waals surface area contributed by atoms with Gasteiger partial charge in [-0.3, -0.25) is 4.79 Å². The van der Waals surface area contributed by atoms with Gasteiger partial charge in [-0.1, -0.05) is 11.8 Å². The number of hydrogen-bond donors (Lipinski definition) is 1. The molecule has 3 aromatic rings. The molecule has 0 aliphatic heterocycles. The molecule has 0 radical (unpaired) electrons. The predicted octanol–water partition coefficient (Wildman–Crippen LogP) is 4.07. The van der Waals surface area contributed by atoms with Gasteiger partial charge < -0.3 is 4.74 Å². The molecule has 0 bridgehead atoms. The van der Waals surface area contributed by atoms with Gasteiger partial charge in [0, 0.05) is 29.3 Å². The van der Waals surface area contributed by atoms with Crippen molar-refractivity contribution < 1.29 is 13.9 Å². The third-order valence-electron chi connectivity index (χ3n) is 4.03. The molecular formula is C21H19FN4O2S. The fourth-order valence-corrected chi connectivity index (χ4v) is 3.26. The SMILES string of the molecule is COc1ccc(C(C)=NNC(=O)c2ccc(F)cc2)cc1CSc1ncccn1. The first-order chi connectivity index (χ1) is 14.1. The van der Waals surface area contributed by atoms with Crippen molar-refractivity contribution >= 4 is 23.4 Å². The maximum atomic E-state index is 13.0. The summed E-state index contributed by atoms with van der Waals surface area (Å²) in [5.74, 6) is 0.567. The van der Waals surface area contributed by atoms with Gasteiger partial charge >= 0.3 is 0 Å². The Labute approximate surface area is 172 Å². The van der Waals surface area contributed by atoms with Crippen LogP contribution in [0.1, 0.15) is 28.4 Å². The Kier molecular flexibility index (Phi) is 6.91. The number of carbonyl (C=O) groups is 1. The molecule has 1 aromatic heterocycles. The highest BCUT2D eigenvalue weighted by Gasteiger charge is 2.09. The lowest BCUT2D eigenvalue weighted by Gasteiger charge is -2.10. The average molecular weight is 410 g/mol. The molecule has 2 aromatic carbocycles. The Morgan fingerprint density at radius 2 is 1.83 bits per heavy atom. The number of halogens is 1. The van der Waals surface area contributed by atoms with Gasteiger partial charge in [0.1, 0.15) is 11.6 Å². The maximum absolute atomic E-state index is 13.0. The number of rotatable bonds is 7. The normalized spacial score (nSPS) is 11.2. The quantitative estimate of drug-likeness (QED) is 0.275. The minimum absolute atomic E-state index is 0.331. The molecule has 1 heterocycles. The molecular weight excluding hydrogens is 391 g/mol. The summed E-state index contributed by atoms with van der Waals surface area (Å²) in [5.41, 5.74) is 5.26. The second kappa shape index (κ2) is 9.79. The van der Waals surface area contributed by atoms with Crippen LogP contribution in [0.2, 0.25) is 0 Å². The van der Waals surface area contributed by atoms with Gasteiger partial charge in [-0.2, -0.15) is 5.10 Å². The zero-order valence-electron chi connectivity index (χ0n) is 15.9. The smallest absolute Gasteiger partial charge is 0.271 e. The van der Waals surface area contributed by atoms with Crippen molar-refractivity contribution in [3.8, 4) is 5.75 Å². The topological polar surface area (TPSA) is 76.5 Å². The minimum atomic E-state index is -0.408. The molecule has 8 heteroatoms. The van der Waals surface area contributed by atoms with Crippen LogP contribution >= 0.6 is 11.8 Å². The highest BCUT2D eigenvalue weighted by Crippen LogP contribution is 2.27. The third-order valence-corrected chi connectivity index (χ3v) is 4.95. The second-order valence-electron chi connectivity index (χ2n) is 5.99. The van der Waals surface area contributed by atoms with Crippen LogP contribution < -0.4 is 10.2 Å². The number of nitrogens with zero attached hydrogens (tertiary/aromatic N) is 3. The molecule has 148 valence electrons. The molecule has 0 aliphatic rings. The van der Waals surface area contributed by atoms with Gasteiger partial charge in [-0.15, -0.1) is 0 Å². The van der Waals surface area contributed by atoms with Crippen LogP contribution in [0.15, 0.2) is 71.2 Å². The van der Waals surface area contributed by atoms with E-state index < -0.39 is 11.7 Å². The Morgan fingerprint density at radius 3 is 2.52 bits per heavy atom. The number of nitrogens with one attached hydrogen (secondary N) is 1. The fourth-order valence-electron chi connectivity index (χ4n) is 2.48. The summed E-state index contributed by atoms with van der Waals surface area (Å²) in [5, 5.41) is 4.84. The predicted molar refractivity (Wildman–Crippen MR) is 111 cm³/mol. The van der Waals surface area contributed by atoms with E-state index in [0.29, 0.717) is 22.2 Å². The third kappa shape index (κ3) is 5.61. The molecule has 6 nitrogen and oxygen atoms in total. The maximum Gasteiger partial charge on any atom is 0.271 e. The van der Waals surface area contributed by atoms with Crippen LogP contribution in [-0.4, -0.2) is 28.7 Å². The van der Waals surface area contributed by atoms with Crippen molar-refractivity contribution in [2.24, 2.45) is 5.10 Å². The summed E-state index contributed by atoms with van der Waals surface area (Å²) in [4.78, 5) is 20.6. The first kappa shape index (κ1) is 20.5. The summed E-state index contributed by atoms with van der Waals surface area (Å²) in [6.45, 7) is 1.80. The standard InChI is InChI=1S/C21H19FN4O2S/c1-14(25-26-20(27)15-4-7-18(22)8-5-15)16-6-9-19(28-2)17(12-16)13-29-21-23-10-3-11-24-21/h3-12H,13H2,1-2H3,(H,26,27). The molecule has 0 unspecified atom stereocenters. The first-order valence-corrected chi connectivity index (χ1v) is 9.72. The number of methoxy groups -OCH3 is 1. The van der Waals surface area contributed by atoms with Crippen molar-refractivity contribution in [1.82, 2.24) is 15.4 Å². The lowest BCUT2D eigenvalue weighted by Crippen LogP contribution is -2.19. The number of ether oxygens (including phenoxy) is 1. The summed E-state index contributed by atoms with van der Waals surface area (Å²) in [6, 6.07) is 12.7. The molecule has 0 aliphatic carbocycles. The molecule has 3 rings (SSSR count). The number of hydrogen-bond acceptors (Lipinski definition) is 6. The molecule has 0 fully saturated rings. The van der Waals surface area contributed by atoms with Gasteiger partial charge in [0.25, 0.3) is 5.91 Å². The lowest BCUT2D eigenvalue weighted by molar-refractivity contribution is 0.0955. The molecule has 1 N–H and O–H groups in total. The van der Waals surface area contributed by atoms with Crippen molar-refractivity contribution in [3.63, 3.8) is 0 Å². The van der Waals surface area contributed by atoms with Gasteiger partial charge in [0.2, 0.25) is 0 Å². The lowest BCUT2D eigenvalue weighted by atomic mass is 10.1. The molecule has 0 saturated heterocycles. The number of carbonyl (C=O) groups excluding carboxylic acids is 1. The van der Waals surface area contributed by atoms with Crippen LogP contribution in [0.4, 0.5) is 4.39 Å². The van der Waals surface area contributed by atoms with Crippen LogP contribution in [0.25, 0.3) is 0 Å². The van der Waals surface area contributed by atoms with Gasteiger partial charge in [0.05, 0.1) is 12.8 Å². The summed E-state index contributed by atoms with van der Waals surface area (Å²) in [6.07, 6.45) is 3.40. The van der Waals surface area contributed by atoms with E-state index in [1.807, 2.05) is 18.2 Å². The summed E-state index contributed by atoms with van der Waals surface area (Å²) < 4.78 is 18.4. The largest absolute Gasteiger partial charge is 0.496 e. The van der Waals surface area contributed by atoms with Gasteiger partial charge in [-0.25, -0.2) is 19.8 Å². The first-order valence-electron chi connectivity index (χ1n) is 8.74. The highest BCUT2D eigenvalue weighted by atomic mass is 32.2. The van der Waals surface area contributed by atoms with E-state index in [-0.39, 0.29) is 0 Å². The van der Waals surface area contributed by atoms with E-state index in [1.165, 1.54) is 36.0 Å². The van der Waals surface area contributed by atoms with E-state index in [2.05, 4.69) is 20.5 Å². The molecule has 0 atom stereocenters. The Balaban J connectivity index is 1.72. The van der Waals surface area contributed by atoms with Crippen LogP contribution in [0.5, 0.6) is 5.75 Å². The number of hydrazone groups is 1. The number of amides is 1. The Morgan fingerprint density at radius 1 is 1.14 bits per heavy atom. The van der Waals surface area contributed by atoms with Crippen molar-refractivity contribution in [2.45, 2.75) is 17.8 Å². The molecule has 29 heavy (non-hydrogen) atoms. The van der Waals surface area contributed by atoms with Crippen LogP contribution in [0.3, 0.4) is 0 Å². The van der Waals surface area contributed by atoms with Crippen LogP contribution in [0, 0.1) is 5.82 Å². The van der Waals surface area contributed by atoms with E-state index in [4.69, 9.17) is 4.74 Å². The fraction of sp³-hybridized carbons (Fsp3) is 0.143. The van der Waals surface area contributed by atoms with Crippen LogP contribution in [-0.2, 0) is 5.75 Å². The van der Waals surface area contributed by atoms with E-state index in [1.54, 1.807) is 32.5 Å². The van der Waals surface area contributed by atoms with Gasteiger partial charge in [-0.05, 0) is 61.0 Å². The van der Waals surface area contributed by atoms with E-state index in [0.717, 1.165) is 16.9 Å². The highest BCUT2D eigenvalue weighted by molar-refractivity contribution is 7.98. The van der Waals surface area contributed by atoms with Crippen molar-refractivity contribution in [1.29, 1.82) is 0 Å². The summed E-state index contributed by atoms with van der Waals surface area (Å²) in [7, 11) is 1.62. The monoisotopic (exact) mass is 410 g/mol. The zero-order chi connectivity index (χ0) is 20.6.